The molecular formula is C23H34N4O2S. The fraction of sp³-hybridized carbons (Fsp3) is 0.522. The van der Waals surface area contributed by atoms with Crippen molar-refractivity contribution in [1.82, 2.24) is 15.5 Å². The van der Waals surface area contributed by atoms with Crippen LogP contribution in [0.5, 0.6) is 0 Å². The minimum absolute atomic E-state index is 0.322. The highest BCUT2D eigenvalue weighted by Gasteiger charge is 2.23. The van der Waals surface area contributed by atoms with Gasteiger partial charge in [-0.15, -0.1) is 11.3 Å². The maximum absolute atomic E-state index is 5.61. The van der Waals surface area contributed by atoms with Crippen LogP contribution < -0.4 is 10.6 Å². The molecule has 164 valence electrons. The summed E-state index contributed by atoms with van der Waals surface area (Å²) in [6, 6.07) is 13.0. The molecule has 2 heterocycles. The average molecular weight is 431 g/mol. The van der Waals surface area contributed by atoms with Crippen molar-refractivity contribution in [2.24, 2.45) is 4.99 Å². The molecule has 0 saturated carbocycles. The summed E-state index contributed by atoms with van der Waals surface area (Å²) < 4.78 is 11.2. The molecule has 0 bridgehead atoms. The number of hydrogen-bond donors (Lipinski definition) is 2. The van der Waals surface area contributed by atoms with Gasteiger partial charge in [0.2, 0.25) is 0 Å². The molecule has 1 atom stereocenters. The number of ether oxygens (including phenoxy) is 2. The third-order valence-corrected chi connectivity index (χ3v) is 6.13. The lowest BCUT2D eigenvalue weighted by atomic mass is 10.1. The van der Waals surface area contributed by atoms with Gasteiger partial charge in [0, 0.05) is 37.7 Å². The predicted octanol–water partition coefficient (Wildman–Crippen LogP) is 3.41. The van der Waals surface area contributed by atoms with Gasteiger partial charge in [-0.2, -0.15) is 0 Å². The third-order valence-electron chi connectivity index (χ3n) is 5.15. The molecule has 1 aromatic heterocycles. The lowest BCUT2D eigenvalue weighted by Gasteiger charge is -2.34. The molecule has 1 fully saturated rings. The molecule has 0 radical (unpaired) electrons. The molecule has 0 spiro atoms. The number of rotatable bonds is 10. The Kier molecular flexibility index (Phi) is 9.63. The van der Waals surface area contributed by atoms with Crippen LogP contribution in [0.4, 0.5) is 0 Å². The first-order valence-corrected chi connectivity index (χ1v) is 11.7. The van der Waals surface area contributed by atoms with E-state index in [1.807, 2.05) is 18.3 Å². The van der Waals surface area contributed by atoms with Crippen LogP contribution in [-0.2, 0) is 22.6 Å². The molecule has 1 aromatic carbocycles. The van der Waals surface area contributed by atoms with Gasteiger partial charge in [-0.1, -0.05) is 30.3 Å². The predicted molar refractivity (Wildman–Crippen MR) is 124 cm³/mol. The molecule has 0 aliphatic carbocycles. The van der Waals surface area contributed by atoms with Gasteiger partial charge in [0.25, 0.3) is 0 Å². The summed E-state index contributed by atoms with van der Waals surface area (Å²) in [5, 5.41) is 9.11. The largest absolute Gasteiger partial charge is 0.379 e. The monoisotopic (exact) mass is 430 g/mol. The SMILES string of the molecule is CCNC(=NCc1ccccc1COCC)NCC(c1cccs1)N1CCOCC1. The highest BCUT2D eigenvalue weighted by molar-refractivity contribution is 7.10. The Morgan fingerprint density at radius 2 is 1.93 bits per heavy atom. The van der Waals surface area contributed by atoms with Gasteiger partial charge in [0.1, 0.15) is 0 Å². The molecule has 1 saturated heterocycles. The smallest absolute Gasteiger partial charge is 0.191 e. The van der Waals surface area contributed by atoms with E-state index in [0.29, 0.717) is 25.8 Å². The van der Waals surface area contributed by atoms with Gasteiger partial charge >= 0.3 is 0 Å². The Morgan fingerprint density at radius 1 is 1.13 bits per heavy atom. The minimum Gasteiger partial charge on any atom is -0.379 e. The zero-order valence-corrected chi connectivity index (χ0v) is 18.9. The second-order valence-electron chi connectivity index (χ2n) is 7.16. The molecule has 2 aromatic rings. The van der Waals surface area contributed by atoms with E-state index in [1.165, 1.54) is 16.0 Å². The van der Waals surface area contributed by atoms with Crippen LogP contribution in [0.2, 0.25) is 0 Å². The summed E-state index contributed by atoms with van der Waals surface area (Å²) in [7, 11) is 0. The Balaban J connectivity index is 1.66. The lowest BCUT2D eigenvalue weighted by molar-refractivity contribution is 0.0177. The van der Waals surface area contributed by atoms with Crippen molar-refractivity contribution in [2.75, 3.05) is 46.0 Å². The standard InChI is InChI=1S/C23H34N4O2S/c1-3-24-23(25-16-19-8-5-6-9-20(19)18-28-4-2)26-17-21(22-10-7-15-30-22)27-11-13-29-14-12-27/h5-10,15,21H,3-4,11-14,16-18H2,1-2H3,(H2,24,25,26). The van der Waals surface area contributed by atoms with Gasteiger partial charge in [-0.05, 0) is 36.4 Å². The van der Waals surface area contributed by atoms with E-state index in [9.17, 15) is 0 Å². The topological polar surface area (TPSA) is 58.1 Å². The number of morpholine rings is 1. The van der Waals surface area contributed by atoms with Crippen molar-refractivity contribution < 1.29 is 9.47 Å². The van der Waals surface area contributed by atoms with Crippen LogP contribution in [0, 0.1) is 0 Å². The number of benzene rings is 1. The van der Waals surface area contributed by atoms with Gasteiger partial charge < -0.3 is 20.1 Å². The van der Waals surface area contributed by atoms with Gasteiger partial charge in [-0.25, -0.2) is 4.99 Å². The number of nitrogens with one attached hydrogen (secondary N) is 2. The molecule has 1 aliphatic heterocycles. The molecule has 3 rings (SSSR count). The van der Waals surface area contributed by atoms with Crippen molar-refractivity contribution >= 4 is 17.3 Å². The summed E-state index contributed by atoms with van der Waals surface area (Å²) in [4.78, 5) is 8.73. The van der Waals surface area contributed by atoms with Gasteiger partial charge in [0.15, 0.2) is 5.96 Å². The Morgan fingerprint density at radius 3 is 2.63 bits per heavy atom. The number of nitrogens with zero attached hydrogens (tertiary/aromatic N) is 2. The second-order valence-corrected chi connectivity index (χ2v) is 8.14. The molecule has 7 heteroatoms. The number of aliphatic imine (C=N–C) groups is 1. The maximum atomic E-state index is 5.61. The summed E-state index contributed by atoms with van der Waals surface area (Å²) >= 11 is 1.81. The van der Waals surface area contributed by atoms with Crippen molar-refractivity contribution in [2.45, 2.75) is 33.0 Å². The van der Waals surface area contributed by atoms with Gasteiger partial charge in [0.05, 0.1) is 32.4 Å². The maximum Gasteiger partial charge on any atom is 0.191 e. The first-order chi connectivity index (χ1) is 14.8. The van der Waals surface area contributed by atoms with E-state index in [1.54, 1.807) is 0 Å². The van der Waals surface area contributed by atoms with Crippen LogP contribution >= 0.6 is 11.3 Å². The average Bonchev–Trinajstić information content (AvgIpc) is 3.32. The molecular weight excluding hydrogens is 396 g/mol. The Hall–Kier alpha value is -1.93. The zero-order valence-electron chi connectivity index (χ0n) is 18.1. The third kappa shape index (κ3) is 6.80. The second kappa shape index (κ2) is 12.7. The molecule has 1 unspecified atom stereocenters. The molecule has 0 amide bonds. The number of hydrogen-bond acceptors (Lipinski definition) is 5. The molecule has 2 N–H and O–H groups in total. The summed E-state index contributed by atoms with van der Waals surface area (Å²) in [5.41, 5.74) is 2.40. The van der Waals surface area contributed by atoms with Crippen LogP contribution in [0.3, 0.4) is 0 Å². The molecule has 1 aliphatic rings. The highest BCUT2D eigenvalue weighted by atomic mass is 32.1. The first-order valence-electron chi connectivity index (χ1n) is 10.8. The summed E-state index contributed by atoms with van der Waals surface area (Å²) in [5.74, 6) is 0.846. The van der Waals surface area contributed by atoms with Crippen molar-refractivity contribution in [3.8, 4) is 0 Å². The van der Waals surface area contributed by atoms with Crippen LogP contribution in [0.1, 0.15) is 35.9 Å². The van der Waals surface area contributed by atoms with Crippen molar-refractivity contribution in [3.63, 3.8) is 0 Å². The zero-order chi connectivity index (χ0) is 21.0. The molecule has 6 nitrogen and oxygen atoms in total. The fourth-order valence-corrected chi connectivity index (χ4v) is 4.40. The van der Waals surface area contributed by atoms with Crippen molar-refractivity contribution in [1.29, 1.82) is 0 Å². The van der Waals surface area contributed by atoms with E-state index < -0.39 is 0 Å². The summed E-state index contributed by atoms with van der Waals surface area (Å²) in [6.07, 6.45) is 0. The van der Waals surface area contributed by atoms with Crippen molar-refractivity contribution in [3.05, 3.63) is 57.8 Å². The normalized spacial score (nSPS) is 16.4. The fourth-order valence-electron chi connectivity index (χ4n) is 3.54. The molecule has 30 heavy (non-hydrogen) atoms. The van der Waals surface area contributed by atoms with Crippen LogP contribution in [0.25, 0.3) is 0 Å². The first kappa shape index (κ1) is 22.7. The van der Waals surface area contributed by atoms with E-state index in [0.717, 1.165) is 45.4 Å². The lowest BCUT2D eigenvalue weighted by Crippen LogP contribution is -2.46. The van der Waals surface area contributed by atoms with Gasteiger partial charge in [-0.3, -0.25) is 4.90 Å². The quantitative estimate of drug-likeness (QED) is 0.447. The van der Waals surface area contributed by atoms with E-state index in [4.69, 9.17) is 14.5 Å². The Bertz CT molecular complexity index is 760. The number of thiophene rings is 1. The van der Waals surface area contributed by atoms with Crippen LogP contribution in [-0.4, -0.2) is 56.9 Å². The highest BCUT2D eigenvalue weighted by Crippen LogP contribution is 2.25. The number of guanidine groups is 1. The van der Waals surface area contributed by atoms with E-state index in [-0.39, 0.29) is 0 Å². The van der Waals surface area contributed by atoms with E-state index >= 15 is 0 Å². The van der Waals surface area contributed by atoms with E-state index in [2.05, 4.69) is 64.2 Å². The Labute approximate surface area is 184 Å². The minimum atomic E-state index is 0.322. The summed E-state index contributed by atoms with van der Waals surface area (Å²) in [6.45, 7) is 11.2. The van der Waals surface area contributed by atoms with Crippen LogP contribution in [0.15, 0.2) is 46.8 Å².